The van der Waals surface area contributed by atoms with Crippen molar-refractivity contribution < 1.29 is 9.53 Å². The molecule has 0 unspecified atom stereocenters. The maximum absolute atomic E-state index is 12.9. The van der Waals surface area contributed by atoms with Gasteiger partial charge in [0.25, 0.3) is 0 Å². The third kappa shape index (κ3) is 2.44. The lowest BCUT2D eigenvalue weighted by molar-refractivity contribution is -0.122. The van der Waals surface area contributed by atoms with E-state index in [1.54, 1.807) is 19.5 Å². The van der Waals surface area contributed by atoms with Crippen molar-refractivity contribution in [2.24, 2.45) is 0 Å². The third-order valence-electron chi connectivity index (χ3n) is 5.25. The number of aromatic nitrogens is 2. The molecule has 0 atom stereocenters. The highest BCUT2D eigenvalue weighted by Crippen LogP contribution is 2.44. The highest BCUT2D eigenvalue weighted by atomic mass is 16.5. The van der Waals surface area contributed by atoms with E-state index in [0.29, 0.717) is 0 Å². The van der Waals surface area contributed by atoms with Crippen LogP contribution in [0.1, 0.15) is 32.3 Å². The van der Waals surface area contributed by atoms with Gasteiger partial charge in [-0.1, -0.05) is 6.07 Å². The number of hydrogen-bond acceptors (Lipinski definition) is 5. The molecule has 0 saturated heterocycles. The van der Waals surface area contributed by atoms with Crippen molar-refractivity contribution in [2.75, 3.05) is 17.3 Å². The lowest BCUT2D eigenvalue weighted by Gasteiger charge is -2.41. The molecule has 2 aliphatic rings. The number of fused-ring (bicyclic) bond motifs is 1. The molecular formula is C19H22N4O2. The molecule has 1 aliphatic carbocycles. The van der Waals surface area contributed by atoms with Gasteiger partial charge in [-0.25, -0.2) is 9.97 Å². The van der Waals surface area contributed by atoms with Crippen LogP contribution in [0.2, 0.25) is 0 Å². The highest BCUT2D eigenvalue weighted by molar-refractivity contribution is 6.07. The summed E-state index contributed by atoms with van der Waals surface area (Å²) in [6.07, 6.45) is 5.25. The maximum atomic E-state index is 12.9. The summed E-state index contributed by atoms with van der Waals surface area (Å²) in [5.74, 6) is 2.44. The fourth-order valence-corrected chi connectivity index (χ4v) is 3.70. The van der Waals surface area contributed by atoms with Gasteiger partial charge in [0.2, 0.25) is 5.91 Å². The summed E-state index contributed by atoms with van der Waals surface area (Å²) in [5, 5.41) is 3.42. The second-order valence-electron chi connectivity index (χ2n) is 7.20. The average molecular weight is 338 g/mol. The van der Waals surface area contributed by atoms with Gasteiger partial charge in [0.1, 0.15) is 5.82 Å². The predicted molar refractivity (Wildman–Crippen MR) is 96.0 cm³/mol. The van der Waals surface area contributed by atoms with Gasteiger partial charge in [-0.05, 0) is 44.9 Å². The molecule has 1 amide bonds. The molecular weight excluding hydrogens is 316 g/mol. The van der Waals surface area contributed by atoms with E-state index in [0.717, 1.165) is 35.8 Å². The second-order valence-corrected chi connectivity index (χ2v) is 7.20. The number of hydrogen-bond donors (Lipinski definition) is 1. The van der Waals surface area contributed by atoms with Crippen LogP contribution in [0, 0.1) is 0 Å². The van der Waals surface area contributed by atoms with Crippen LogP contribution in [-0.4, -0.2) is 35.1 Å². The molecule has 4 rings (SSSR count). The summed E-state index contributed by atoms with van der Waals surface area (Å²) in [6.45, 7) is 3.95. The predicted octanol–water partition coefficient (Wildman–Crippen LogP) is 2.75. The first-order valence-electron chi connectivity index (χ1n) is 8.57. The molecule has 0 bridgehead atoms. The first-order valence-corrected chi connectivity index (χ1v) is 8.57. The van der Waals surface area contributed by atoms with Crippen molar-refractivity contribution in [3.8, 4) is 5.75 Å². The van der Waals surface area contributed by atoms with Crippen LogP contribution < -0.4 is 15.0 Å². The number of ether oxygens (including phenoxy) is 1. The van der Waals surface area contributed by atoms with Crippen molar-refractivity contribution >= 4 is 17.5 Å². The summed E-state index contributed by atoms with van der Waals surface area (Å²) < 4.78 is 5.33. The SMILES string of the molecule is COc1cccnc1NC1CC(N2C(=O)C(C)(C)c3cccnc32)C1. The summed E-state index contributed by atoms with van der Waals surface area (Å²) in [5.41, 5.74) is 0.509. The van der Waals surface area contributed by atoms with E-state index >= 15 is 0 Å². The summed E-state index contributed by atoms with van der Waals surface area (Å²) in [4.78, 5) is 23.6. The van der Waals surface area contributed by atoms with Gasteiger partial charge >= 0.3 is 0 Å². The molecule has 2 aromatic heterocycles. The van der Waals surface area contributed by atoms with Crippen LogP contribution in [0.4, 0.5) is 11.6 Å². The topological polar surface area (TPSA) is 67.3 Å². The minimum absolute atomic E-state index is 0.139. The van der Waals surface area contributed by atoms with E-state index in [1.807, 2.05) is 43.0 Å². The molecule has 0 spiro atoms. The number of carbonyl (C=O) groups excluding carboxylic acids is 1. The zero-order chi connectivity index (χ0) is 17.6. The monoisotopic (exact) mass is 338 g/mol. The summed E-state index contributed by atoms with van der Waals surface area (Å²) in [7, 11) is 1.64. The molecule has 130 valence electrons. The number of carbonyl (C=O) groups is 1. The van der Waals surface area contributed by atoms with Crippen molar-refractivity contribution in [3.05, 3.63) is 42.2 Å². The Morgan fingerprint density at radius 1 is 1.20 bits per heavy atom. The lowest BCUT2D eigenvalue weighted by atomic mass is 9.84. The summed E-state index contributed by atoms with van der Waals surface area (Å²) >= 11 is 0. The van der Waals surface area contributed by atoms with Crippen LogP contribution in [0.15, 0.2) is 36.7 Å². The largest absolute Gasteiger partial charge is 0.493 e. The Morgan fingerprint density at radius 2 is 1.92 bits per heavy atom. The Hall–Kier alpha value is -2.63. The van der Waals surface area contributed by atoms with Crippen molar-refractivity contribution in [2.45, 2.75) is 44.2 Å². The Balaban J connectivity index is 1.49. The fraction of sp³-hybridized carbons (Fsp3) is 0.421. The van der Waals surface area contributed by atoms with Crippen LogP contribution in [-0.2, 0) is 10.2 Å². The van der Waals surface area contributed by atoms with Crippen molar-refractivity contribution in [1.82, 2.24) is 9.97 Å². The van der Waals surface area contributed by atoms with Gasteiger partial charge in [0.15, 0.2) is 11.6 Å². The molecule has 6 heteroatoms. The van der Waals surface area contributed by atoms with E-state index in [2.05, 4.69) is 15.3 Å². The first kappa shape index (κ1) is 15.9. The smallest absolute Gasteiger partial charge is 0.238 e. The number of rotatable bonds is 4. The Labute approximate surface area is 147 Å². The highest BCUT2D eigenvalue weighted by Gasteiger charge is 2.50. The van der Waals surface area contributed by atoms with Gasteiger partial charge in [0, 0.05) is 30.0 Å². The zero-order valence-corrected chi connectivity index (χ0v) is 14.7. The quantitative estimate of drug-likeness (QED) is 0.928. The fourth-order valence-electron chi connectivity index (χ4n) is 3.70. The van der Waals surface area contributed by atoms with E-state index in [9.17, 15) is 4.79 Å². The Kier molecular flexibility index (Phi) is 3.63. The third-order valence-corrected chi connectivity index (χ3v) is 5.25. The Bertz CT molecular complexity index is 815. The van der Waals surface area contributed by atoms with E-state index in [4.69, 9.17) is 4.74 Å². The van der Waals surface area contributed by atoms with E-state index in [1.165, 1.54) is 0 Å². The van der Waals surface area contributed by atoms with Crippen molar-refractivity contribution in [1.29, 1.82) is 0 Å². The van der Waals surface area contributed by atoms with Crippen LogP contribution in [0.5, 0.6) is 5.75 Å². The second kappa shape index (κ2) is 5.72. The molecule has 6 nitrogen and oxygen atoms in total. The number of methoxy groups -OCH3 is 1. The van der Waals surface area contributed by atoms with E-state index in [-0.39, 0.29) is 18.0 Å². The maximum Gasteiger partial charge on any atom is 0.238 e. The normalized spacial score (nSPS) is 23.8. The molecule has 25 heavy (non-hydrogen) atoms. The van der Waals surface area contributed by atoms with Crippen LogP contribution in [0.3, 0.4) is 0 Å². The molecule has 1 fully saturated rings. The molecule has 1 saturated carbocycles. The van der Waals surface area contributed by atoms with Gasteiger partial charge in [-0.2, -0.15) is 0 Å². The van der Waals surface area contributed by atoms with Gasteiger partial charge in [-0.3, -0.25) is 9.69 Å². The van der Waals surface area contributed by atoms with E-state index < -0.39 is 5.41 Å². The van der Waals surface area contributed by atoms with Crippen LogP contribution >= 0.6 is 0 Å². The molecule has 0 radical (unpaired) electrons. The number of pyridine rings is 2. The van der Waals surface area contributed by atoms with Gasteiger partial charge < -0.3 is 10.1 Å². The molecule has 0 aromatic carbocycles. The standard InChI is InChI=1S/C19H22N4O2/c1-19(2)14-6-4-9-21-17(14)23(18(19)24)13-10-12(11-13)22-16-15(25-3)7-5-8-20-16/h4-9,12-13H,10-11H2,1-3H3,(H,20,22). The average Bonchev–Trinajstić information content (AvgIpc) is 2.79. The van der Waals surface area contributed by atoms with Gasteiger partial charge in [-0.15, -0.1) is 0 Å². The minimum atomic E-state index is -0.508. The molecule has 2 aromatic rings. The number of nitrogens with zero attached hydrogens (tertiary/aromatic N) is 3. The number of amides is 1. The number of nitrogens with one attached hydrogen (secondary N) is 1. The molecule has 1 N–H and O–H groups in total. The van der Waals surface area contributed by atoms with Crippen molar-refractivity contribution in [3.63, 3.8) is 0 Å². The summed E-state index contributed by atoms with van der Waals surface area (Å²) in [6, 6.07) is 8.09. The van der Waals surface area contributed by atoms with Crippen LogP contribution in [0.25, 0.3) is 0 Å². The zero-order valence-electron chi connectivity index (χ0n) is 14.7. The lowest BCUT2D eigenvalue weighted by Crippen LogP contribution is -2.53. The Morgan fingerprint density at radius 3 is 2.68 bits per heavy atom. The van der Waals surface area contributed by atoms with Gasteiger partial charge in [0.05, 0.1) is 12.5 Å². The number of anilines is 2. The first-order chi connectivity index (χ1) is 12.0. The minimum Gasteiger partial charge on any atom is -0.493 e. The molecule has 3 heterocycles. The molecule has 1 aliphatic heterocycles.